The Morgan fingerprint density at radius 1 is 1.26 bits per heavy atom. The number of pyridine rings is 1. The summed E-state index contributed by atoms with van der Waals surface area (Å²) in [7, 11) is 0. The molecule has 2 N–H and O–H groups in total. The van der Waals surface area contributed by atoms with Gasteiger partial charge in [0.15, 0.2) is 4.34 Å². The summed E-state index contributed by atoms with van der Waals surface area (Å²) in [5, 5.41) is 1.52. The van der Waals surface area contributed by atoms with Gasteiger partial charge >= 0.3 is 0 Å². The van der Waals surface area contributed by atoms with Gasteiger partial charge in [-0.3, -0.25) is 4.98 Å². The SMILES string of the molecule is Nc1sc(SC2CCCCC2)nc1-c1cccnc1. The smallest absolute Gasteiger partial charge is 0.152 e. The molecule has 0 saturated heterocycles. The summed E-state index contributed by atoms with van der Waals surface area (Å²) < 4.78 is 1.10. The lowest BCUT2D eigenvalue weighted by atomic mass is 10.0. The van der Waals surface area contributed by atoms with Gasteiger partial charge < -0.3 is 5.73 Å². The molecular formula is C14H17N3S2. The standard InChI is InChI=1S/C14H17N3S2/c15-13-12(10-5-4-8-16-9-10)17-14(19-13)18-11-6-2-1-3-7-11/h4-5,8-9,11H,1-3,6-7,15H2. The van der Waals surface area contributed by atoms with E-state index in [1.165, 1.54) is 32.1 Å². The molecule has 0 unspecified atom stereocenters. The Morgan fingerprint density at radius 3 is 2.84 bits per heavy atom. The van der Waals surface area contributed by atoms with Gasteiger partial charge in [-0.25, -0.2) is 4.98 Å². The van der Waals surface area contributed by atoms with Crippen LogP contribution in [0.1, 0.15) is 32.1 Å². The Balaban J connectivity index is 1.77. The largest absolute Gasteiger partial charge is 0.389 e. The molecule has 0 radical (unpaired) electrons. The van der Waals surface area contributed by atoms with Gasteiger partial charge in [-0.1, -0.05) is 42.4 Å². The number of thioether (sulfide) groups is 1. The number of thiazole rings is 1. The van der Waals surface area contributed by atoms with Gasteiger partial charge in [-0.2, -0.15) is 0 Å². The molecule has 2 heterocycles. The summed E-state index contributed by atoms with van der Waals surface area (Å²) in [6.07, 6.45) is 10.3. The van der Waals surface area contributed by atoms with Crippen molar-refractivity contribution in [3.63, 3.8) is 0 Å². The number of anilines is 1. The molecule has 0 aliphatic heterocycles. The summed E-state index contributed by atoms with van der Waals surface area (Å²) in [6, 6.07) is 3.93. The maximum Gasteiger partial charge on any atom is 0.152 e. The van der Waals surface area contributed by atoms with Crippen LogP contribution >= 0.6 is 23.1 Å². The minimum Gasteiger partial charge on any atom is -0.389 e. The predicted octanol–water partition coefficient (Wildman–Crippen LogP) is 4.21. The molecule has 1 aliphatic carbocycles. The Bertz CT molecular complexity index is 533. The highest BCUT2D eigenvalue weighted by Crippen LogP contribution is 2.40. The maximum atomic E-state index is 6.09. The first-order valence-electron chi connectivity index (χ1n) is 6.66. The average Bonchev–Trinajstić information content (AvgIpc) is 2.82. The van der Waals surface area contributed by atoms with Crippen molar-refractivity contribution in [1.29, 1.82) is 0 Å². The number of hydrogen-bond acceptors (Lipinski definition) is 5. The third kappa shape index (κ3) is 3.09. The van der Waals surface area contributed by atoms with Crippen molar-refractivity contribution in [2.24, 2.45) is 0 Å². The molecule has 1 fully saturated rings. The Morgan fingerprint density at radius 2 is 2.11 bits per heavy atom. The van der Waals surface area contributed by atoms with Crippen LogP contribution in [0.3, 0.4) is 0 Å². The molecule has 3 nitrogen and oxygen atoms in total. The number of aromatic nitrogens is 2. The van der Waals surface area contributed by atoms with Crippen molar-refractivity contribution in [2.75, 3.05) is 5.73 Å². The fourth-order valence-electron chi connectivity index (χ4n) is 2.40. The van der Waals surface area contributed by atoms with E-state index in [0.717, 1.165) is 25.8 Å². The number of hydrogen-bond donors (Lipinski definition) is 1. The lowest BCUT2D eigenvalue weighted by molar-refractivity contribution is 0.516. The molecule has 2 aromatic rings. The molecule has 1 aliphatic rings. The van der Waals surface area contributed by atoms with Crippen LogP contribution in [0.5, 0.6) is 0 Å². The van der Waals surface area contributed by atoms with Crippen LogP contribution < -0.4 is 5.73 Å². The van der Waals surface area contributed by atoms with Crippen LogP contribution in [-0.4, -0.2) is 15.2 Å². The van der Waals surface area contributed by atoms with E-state index in [1.807, 2.05) is 30.1 Å². The second-order valence-corrected chi connectivity index (χ2v) is 7.39. The summed E-state index contributed by atoms with van der Waals surface area (Å²) in [5.41, 5.74) is 7.99. The highest BCUT2D eigenvalue weighted by atomic mass is 32.2. The second kappa shape index (κ2) is 5.92. The molecule has 2 aromatic heterocycles. The quantitative estimate of drug-likeness (QED) is 0.920. The number of nitrogen functional groups attached to an aromatic ring is 1. The van der Waals surface area contributed by atoms with E-state index in [1.54, 1.807) is 17.5 Å². The highest BCUT2D eigenvalue weighted by Gasteiger charge is 2.18. The van der Waals surface area contributed by atoms with Crippen LogP contribution in [0, 0.1) is 0 Å². The van der Waals surface area contributed by atoms with Crippen molar-refractivity contribution in [1.82, 2.24) is 9.97 Å². The maximum absolute atomic E-state index is 6.09. The molecule has 5 heteroatoms. The lowest BCUT2D eigenvalue weighted by Gasteiger charge is -2.19. The molecule has 0 atom stereocenters. The molecule has 0 aromatic carbocycles. The predicted molar refractivity (Wildman–Crippen MR) is 82.5 cm³/mol. The van der Waals surface area contributed by atoms with E-state index >= 15 is 0 Å². The fraction of sp³-hybridized carbons (Fsp3) is 0.429. The Kier molecular flexibility index (Phi) is 4.03. The van der Waals surface area contributed by atoms with Gasteiger partial charge in [0.25, 0.3) is 0 Å². The van der Waals surface area contributed by atoms with E-state index < -0.39 is 0 Å². The normalized spacial score (nSPS) is 16.6. The van der Waals surface area contributed by atoms with Crippen LogP contribution in [0.2, 0.25) is 0 Å². The van der Waals surface area contributed by atoms with Crippen molar-refractivity contribution >= 4 is 28.1 Å². The molecule has 100 valence electrons. The molecule has 0 spiro atoms. The fourth-order valence-corrected chi connectivity index (χ4v) is 4.85. The van der Waals surface area contributed by atoms with Crippen molar-refractivity contribution in [2.45, 2.75) is 41.7 Å². The Hall–Kier alpha value is -1.07. The van der Waals surface area contributed by atoms with Crippen LogP contribution in [0.4, 0.5) is 5.00 Å². The van der Waals surface area contributed by atoms with E-state index in [0.29, 0.717) is 0 Å². The van der Waals surface area contributed by atoms with Gasteiger partial charge in [0, 0.05) is 23.2 Å². The third-order valence-corrected chi connectivity index (χ3v) is 5.70. The van der Waals surface area contributed by atoms with Crippen molar-refractivity contribution in [3.05, 3.63) is 24.5 Å². The molecule has 0 amide bonds. The summed E-state index contributed by atoms with van der Waals surface area (Å²) in [6.45, 7) is 0. The van der Waals surface area contributed by atoms with Crippen LogP contribution in [-0.2, 0) is 0 Å². The monoisotopic (exact) mass is 291 g/mol. The molecule has 1 saturated carbocycles. The zero-order valence-electron chi connectivity index (χ0n) is 10.7. The summed E-state index contributed by atoms with van der Waals surface area (Å²) in [4.78, 5) is 8.82. The highest BCUT2D eigenvalue weighted by molar-refractivity contribution is 8.01. The zero-order chi connectivity index (χ0) is 13.1. The minimum atomic E-state index is 0.723. The molecule has 19 heavy (non-hydrogen) atoms. The van der Waals surface area contributed by atoms with Gasteiger partial charge in [-0.05, 0) is 25.0 Å². The molecule has 0 bridgehead atoms. The van der Waals surface area contributed by atoms with E-state index in [-0.39, 0.29) is 0 Å². The average molecular weight is 291 g/mol. The first kappa shape index (κ1) is 12.9. The second-order valence-electron chi connectivity index (χ2n) is 4.81. The first-order chi connectivity index (χ1) is 9.33. The van der Waals surface area contributed by atoms with Gasteiger partial charge in [-0.15, -0.1) is 0 Å². The minimum absolute atomic E-state index is 0.723. The number of nitrogens with two attached hydrogens (primary N) is 1. The van der Waals surface area contributed by atoms with Gasteiger partial charge in [0.2, 0.25) is 0 Å². The topological polar surface area (TPSA) is 51.8 Å². The lowest BCUT2D eigenvalue weighted by Crippen LogP contribution is -2.07. The van der Waals surface area contributed by atoms with Crippen molar-refractivity contribution in [3.8, 4) is 11.3 Å². The molecular weight excluding hydrogens is 274 g/mol. The summed E-state index contributed by atoms with van der Waals surface area (Å²) >= 11 is 3.51. The number of rotatable bonds is 3. The van der Waals surface area contributed by atoms with Crippen molar-refractivity contribution < 1.29 is 0 Å². The van der Waals surface area contributed by atoms with Gasteiger partial charge in [0.1, 0.15) is 10.7 Å². The third-order valence-electron chi connectivity index (χ3n) is 3.39. The van der Waals surface area contributed by atoms with Crippen LogP contribution in [0.25, 0.3) is 11.3 Å². The van der Waals surface area contributed by atoms with Crippen LogP contribution in [0.15, 0.2) is 28.9 Å². The summed E-state index contributed by atoms with van der Waals surface area (Å²) in [5.74, 6) is 0. The van der Waals surface area contributed by atoms with E-state index in [9.17, 15) is 0 Å². The van der Waals surface area contributed by atoms with E-state index in [4.69, 9.17) is 10.7 Å². The van der Waals surface area contributed by atoms with Gasteiger partial charge in [0.05, 0.1) is 0 Å². The van der Waals surface area contributed by atoms with E-state index in [2.05, 4.69) is 4.98 Å². The number of nitrogens with zero attached hydrogens (tertiary/aromatic N) is 2. The zero-order valence-corrected chi connectivity index (χ0v) is 12.3. The molecule has 3 rings (SSSR count). The Labute approximate surface area is 121 Å². The first-order valence-corrected chi connectivity index (χ1v) is 8.36.